The zero-order valence-electron chi connectivity index (χ0n) is 14.7. The first-order valence-electron chi connectivity index (χ1n) is 7.87. The lowest BCUT2D eigenvalue weighted by Crippen LogP contribution is -2.41. The van der Waals surface area contributed by atoms with Crippen molar-refractivity contribution in [1.29, 1.82) is 0 Å². The second-order valence-corrected chi connectivity index (χ2v) is 6.40. The van der Waals surface area contributed by atoms with E-state index >= 15 is 0 Å². The number of ether oxygens (including phenoxy) is 1. The SMILES string of the molecule is COC(=O)C(C)CN(CCCN(C)C)C(=O)Nc1cccc(Cl)c1. The third kappa shape index (κ3) is 7.19. The number of hydrogen-bond acceptors (Lipinski definition) is 4. The summed E-state index contributed by atoms with van der Waals surface area (Å²) in [6.45, 7) is 3.45. The molecule has 1 rings (SSSR count). The van der Waals surface area contributed by atoms with E-state index in [1.54, 1.807) is 36.1 Å². The van der Waals surface area contributed by atoms with Gasteiger partial charge in [0.2, 0.25) is 0 Å². The number of urea groups is 1. The summed E-state index contributed by atoms with van der Waals surface area (Å²) in [5.41, 5.74) is 0.621. The summed E-state index contributed by atoms with van der Waals surface area (Å²) >= 11 is 5.94. The molecular formula is C17H26ClN3O3. The second-order valence-electron chi connectivity index (χ2n) is 5.97. The zero-order valence-corrected chi connectivity index (χ0v) is 15.5. The van der Waals surface area contributed by atoms with Crippen LogP contribution in [0.1, 0.15) is 13.3 Å². The number of halogens is 1. The van der Waals surface area contributed by atoms with Crippen molar-refractivity contribution in [3.63, 3.8) is 0 Å². The van der Waals surface area contributed by atoms with Crippen LogP contribution in [0.25, 0.3) is 0 Å². The maximum absolute atomic E-state index is 12.6. The van der Waals surface area contributed by atoms with E-state index in [1.165, 1.54) is 7.11 Å². The van der Waals surface area contributed by atoms with E-state index in [9.17, 15) is 9.59 Å². The lowest BCUT2D eigenvalue weighted by molar-refractivity contribution is -0.145. The van der Waals surface area contributed by atoms with Gasteiger partial charge in [-0.2, -0.15) is 0 Å². The highest BCUT2D eigenvalue weighted by molar-refractivity contribution is 6.30. The van der Waals surface area contributed by atoms with Gasteiger partial charge in [-0.05, 0) is 45.3 Å². The van der Waals surface area contributed by atoms with Crippen LogP contribution in [0.5, 0.6) is 0 Å². The summed E-state index contributed by atoms with van der Waals surface area (Å²) in [6, 6.07) is 6.70. The first-order chi connectivity index (χ1) is 11.3. The fourth-order valence-corrected chi connectivity index (χ4v) is 2.42. The van der Waals surface area contributed by atoms with Crippen molar-refractivity contribution in [2.45, 2.75) is 13.3 Å². The highest BCUT2D eigenvalue weighted by Crippen LogP contribution is 2.16. The van der Waals surface area contributed by atoms with Crippen LogP contribution < -0.4 is 5.32 Å². The van der Waals surface area contributed by atoms with Gasteiger partial charge >= 0.3 is 12.0 Å². The third-order valence-corrected chi connectivity index (χ3v) is 3.73. The number of nitrogens with one attached hydrogen (secondary N) is 1. The highest BCUT2D eigenvalue weighted by atomic mass is 35.5. The molecular weight excluding hydrogens is 330 g/mol. The minimum absolute atomic E-state index is 0.258. The predicted molar refractivity (Wildman–Crippen MR) is 96.4 cm³/mol. The number of carbonyl (C=O) groups excluding carboxylic acids is 2. The predicted octanol–water partition coefficient (Wildman–Crippen LogP) is 2.93. The van der Waals surface area contributed by atoms with E-state index in [2.05, 4.69) is 10.2 Å². The Morgan fingerprint density at radius 2 is 2.00 bits per heavy atom. The molecule has 0 saturated carbocycles. The van der Waals surface area contributed by atoms with Gasteiger partial charge in [-0.1, -0.05) is 24.6 Å². The number of carbonyl (C=O) groups is 2. The minimum Gasteiger partial charge on any atom is -0.469 e. The molecule has 1 aromatic carbocycles. The number of rotatable bonds is 8. The summed E-state index contributed by atoms with van der Waals surface area (Å²) in [7, 11) is 5.31. The molecule has 2 amide bonds. The molecule has 0 aromatic heterocycles. The molecule has 0 aliphatic heterocycles. The van der Waals surface area contributed by atoms with E-state index in [-0.39, 0.29) is 17.9 Å². The van der Waals surface area contributed by atoms with Crippen LogP contribution in [0.15, 0.2) is 24.3 Å². The molecule has 6 nitrogen and oxygen atoms in total. The number of nitrogens with zero attached hydrogens (tertiary/aromatic N) is 2. The van der Waals surface area contributed by atoms with Gasteiger partial charge in [0.05, 0.1) is 13.0 Å². The zero-order chi connectivity index (χ0) is 18.1. The van der Waals surface area contributed by atoms with Gasteiger partial charge in [0.25, 0.3) is 0 Å². The van der Waals surface area contributed by atoms with Crippen molar-refractivity contribution < 1.29 is 14.3 Å². The van der Waals surface area contributed by atoms with Crippen molar-refractivity contribution in [1.82, 2.24) is 9.80 Å². The Balaban J connectivity index is 2.73. The topological polar surface area (TPSA) is 61.9 Å². The minimum atomic E-state index is -0.389. The van der Waals surface area contributed by atoms with Crippen LogP contribution in [0.4, 0.5) is 10.5 Å². The summed E-state index contributed by atoms with van der Waals surface area (Å²) in [5, 5.41) is 3.37. The molecule has 0 aliphatic rings. The number of esters is 1. The molecule has 1 aromatic rings. The molecule has 1 N–H and O–H groups in total. The monoisotopic (exact) mass is 355 g/mol. The average molecular weight is 356 g/mol. The molecule has 134 valence electrons. The molecule has 1 atom stereocenters. The number of methoxy groups -OCH3 is 1. The Morgan fingerprint density at radius 3 is 2.58 bits per heavy atom. The summed E-state index contributed by atoms with van der Waals surface area (Å²) in [5.74, 6) is -0.720. The quantitative estimate of drug-likeness (QED) is 0.728. The molecule has 0 fully saturated rings. The van der Waals surface area contributed by atoms with E-state index in [0.717, 1.165) is 13.0 Å². The van der Waals surface area contributed by atoms with E-state index < -0.39 is 0 Å². The van der Waals surface area contributed by atoms with E-state index in [4.69, 9.17) is 16.3 Å². The largest absolute Gasteiger partial charge is 0.469 e. The van der Waals surface area contributed by atoms with Crippen molar-refractivity contribution in [3.8, 4) is 0 Å². The van der Waals surface area contributed by atoms with Crippen LogP contribution >= 0.6 is 11.6 Å². The fraction of sp³-hybridized carbons (Fsp3) is 0.529. The maximum Gasteiger partial charge on any atom is 0.321 e. The van der Waals surface area contributed by atoms with Crippen LogP contribution in [0.3, 0.4) is 0 Å². The Morgan fingerprint density at radius 1 is 1.29 bits per heavy atom. The van der Waals surface area contributed by atoms with Gasteiger partial charge in [-0.15, -0.1) is 0 Å². The second kappa shape index (κ2) is 10.2. The van der Waals surface area contributed by atoms with Crippen molar-refractivity contribution in [2.24, 2.45) is 5.92 Å². The lowest BCUT2D eigenvalue weighted by Gasteiger charge is -2.26. The molecule has 1 unspecified atom stereocenters. The lowest BCUT2D eigenvalue weighted by atomic mass is 10.1. The molecule has 0 bridgehead atoms. The van der Waals surface area contributed by atoms with Gasteiger partial charge in [0.15, 0.2) is 0 Å². The first-order valence-corrected chi connectivity index (χ1v) is 8.25. The Hall–Kier alpha value is -1.79. The molecule has 7 heteroatoms. The van der Waals surface area contributed by atoms with E-state index in [1.807, 2.05) is 14.1 Å². The van der Waals surface area contributed by atoms with Crippen LogP contribution in [-0.2, 0) is 9.53 Å². The summed E-state index contributed by atoms with van der Waals surface area (Å²) < 4.78 is 4.75. The average Bonchev–Trinajstić information content (AvgIpc) is 2.52. The van der Waals surface area contributed by atoms with Crippen LogP contribution in [-0.4, -0.2) is 62.6 Å². The summed E-state index contributed by atoms with van der Waals surface area (Å²) in [4.78, 5) is 27.9. The Kier molecular flexibility index (Phi) is 8.57. The molecule has 0 radical (unpaired) electrons. The standard InChI is InChI=1S/C17H26ClN3O3/c1-13(16(22)24-4)12-21(10-6-9-20(2)3)17(23)19-15-8-5-7-14(18)11-15/h5,7-8,11,13H,6,9-10,12H2,1-4H3,(H,19,23). The van der Waals surface area contributed by atoms with Crippen molar-refractivity contribution in [2.75, 3.05) is 46.2 Å². The van der Waals surface area contributed by atoms with Gasteiger partial charge < -0.3 is 19.9 Å². The number of anilines is 1. The number of amides is 2. The van der Waals surface area contributed by atoms with Crippen molar-refractivity contribution in [3.05, 3.63) is 29.3 Å². The molecule has 0 spiro atoms. The highest BCUT2D eigenvalue weighted by Gasteiger charge is 2.21. The van der Waals surface area contributed by atoms with Crippen LogP contribution in [0, 0.1) is 5.92 Å². The van der Waals surface area contributed by atoms with Gasteiger partial charge in [-0.25, -0.2) is 4.79 Å². The molecule has 0 heterocycles. The third-order valence-electron chi connectivity index (χ3n) is 3.49. The van der Waals surface area contributed by atoms with Gasteiger partial charge in [0, 0.05) is 23.8 Å². The van der Waals surface area contributed by atoms with Crippen LogP contribution in [0.2, 0.25) is 5.02 Å². The Bertz CT molecular complexity index is 552. The molecule has 0 aliphatic carbocycles. The fourth-order valence-electron chi connectivity index (χ4n) is 2.23. The molecule has 0 saturated heterocycles. The van der Waals surface area contributed by atoms with E-state index in [0.29, 0.717) is 23.8 Å². The van der Waals surface area contributed by atoms with Gasteiger partial charge in [-0.3, -0.25) is 4.79 Å². The maximum atomic E-state index is 12.6. The smallest absolute Gasteiger partial charge is 0.321 e. The molecule has 24 heavy (non-hydrogen) atoms. The van der Waals surface area contributed by atoms with Gasteiger partial charge in [0.1, 0.15) is 0 Å². The number of benzene rings is 1. The van der Waals surface area contributed by atoms with Crippen molar-refractivity contribution >= 4 is 29.3 Å². The normalized spacial score (nSPS) is 11.9. The number of hydrogen-bond donors (Lipinski definition) is 1. The first kappa shape index (κ1) is 20.3. The summed E-state index contributed by atoms with van der Waals surface area (Å²) in [6.07, 6.45) is 0.809. The Labute approximate surface area is 148 Å².